The fourth-order valence-electron chi connectivity index (χ4n) is 2.50. The van der Waals surface area contributed by atoms with Crippen molar-refractivity contribution in [2.45, 2.75) is 31.7 Å². The molecule has 17 heavy (non-hydrogen) atoms. The zero-order valence-corrected chi connectivity index (χ0v) is 9.76. The second-order valence-corrected chi connectivity index (χ2v) is 4.50. The molecule has 0 radical (unpaired) electrons. The number of pyridine rings is 1. The standard InChI is InChI=1S/C13H17N3O/c14-8-11-4-5-12(9-15-11)16-13-3-1-2-10(13)6-7-17/h4-5,9-10,13,16-17H,1-3,6-7H2. The van der Waals surface area contributed by atoms with Gasteiger partial charge >= 0.3 is 0 Å². The van der Waals surface area contributed by atoms with E-state index in [0.29, 0.717) is 17.7 Å². The van der Waals surface area contributed by atoms with Crippen molar-refractivity contribution in [3.05, 3.63) is 24.0 Å². The van der Waals surface area contributed by atoms with Crippen LogP contribution in [-0.4, -0.2) is 22.7 Å². The first kappa shape index (κ1) is 11.9. The van der Waals surface area contributed by atoms with E-state index in [1.165, 1.54) is 12.8 Å². The molecule has 0 aliphatic heterocycles. The minimum absolute atomic E-state index is 0.258. The zero-order valence-electron chi connectivity index (χ0n) is 9.76. The van der Waals surface area contributed by atoms with Crippen molar-refractivity contribution in [1.29, 1.82) is 5.26 Å². The van der Waals surface area contributed by atoms with E-state index in [1.807, 2.05) is 12.1 Å². The third-order valence-electron chi connectivity index (χ3n) is 3.39. The smallest absolute Gasteiger partial charge is 0.140 e. The van der Waals surface area contributed by atoms with Crippen LogP contribution in [0.1, 0.15) is 31.4 Å². The Hall–Kier alpha value is -1.60. The lowest BCUT2D eigenvalue weighted by Gasteiger charge is -2.21. The van der Waals surface area contributed by atoms with Crippen molar-refractivity contribution in [1.82, 2.24) is 4.98 Å². The molecule has 1 fully saturated rings. The average molecular weight is 231 g/mol. The molecule has 1 saturated carbocycles. The van der Waals surface area contributed by atoms with Gasteiger partial charge in [-0.2, -0.15) is 5.26 Å². The van der Waals surface area contributed by atoms with Crippen LogP contribution in [0.15, 0.2) is 18.3 Å². The number of aliphatic hydroxyl groups is 1. The summed E-state index contributed by atoms with van der Waals surface area (Å²) >= 11 is 0. The van der Waals surface area contributed by atoms with E-state index < -0.39 is 0 Å². The molecule has 1 aromatic rings. The van der Waals surface area contributed by atoms with Crippen LogP contribution in [-0.2, 0) is 0 Å². The van der Waals surface area contributed by atoms with Crippen molar-refractivity contribution in [3.63, 3.8) is 0 Å². The van der Waals surface area contributed by atoms with Crippen LogP contribution < -0.4 is 5.32 Å². The molecule has 4 nitrogen and oxygen atoms in total. The van der Waals surface area contributed by atoms with Gasteiger partial charge in [-0.1, -0.05) is 6.42 Å². The van der Waals surface area contributed by atoms with Crippen molar-refractivity contribution in [2.24, 2.45) is 5.92 Å². The summed E-state index contributed by atoms with van der Waals surface area (Å²) in [7, 11) is 0. The highest BCUT2D eigenvalue weighted by atomic mass is 16.3. The monoisotopic (exact) mass is 231 g/mol. The summed E-state index contributed by atoms with van der Waals surface area (Å²) in [4.78, 5) is 4.04. The lowest BCUT2D eigenvalue weighted by atomic mass is 10.00. The van der Waals surface area contributed by atoms with Crippen molar-refractivity contribution in [3.8, 4) is 6.07 Å². The molecule has 2 atom stereocenters. The third-order valence-corrected chi connectivity index (χ3v) is 3.39. The summed E-state index contributed by atoms with van der Waals surface area (Å²) in [6.07, 6.45) is 6.10. The second-order valence-electron chi connectivity index (χ2n) is 4.50. The Morgan fingerprint density at radius 3 is 3.00 bits per heavy atom. The van der Waals surface area contributed by atoms with Gasteiger partial charge in [0.15, 0.2) is 0 Å². The quantitative estimate of drug-likeness (QED) is 0.830. The van der Waals surface area contributed by atoms with Crippen molar-refractivity contribution >= 4 is 5.69 Å². The lowest BCUT2D eigenvalue weighted by molar-refractivity contribution is 0.254. The van der Waals surface area contributed by atoms with Gasteiger partial charge in [-0.3, -0.25) is 0 Å². The van der Waals surface area contributed by atoms with E-state index in [1.54, 1.807) is 12.3 Å². The Morgan fingerprint density at radius 1 is 1.47 bits per heavy atom. The van der Waals surface area contributed by atoms with Crippen molar-refractivity contribution < 1.29 is 5.11 Å². The summed E-state index contributed by atoms with van der Waals surface area (Å²) in [5, 5.41) is 21.1. The van der Waals surface area contributed by atoms with Crippen LogP contribution >= 0.6 is 0 Å². The molecular formula is C13H17N3O. The molecule has 1 aromatic heterocycles. The molecule has 0 aromatic carbocycles. The van der Waals surface area contributed by atoms with Crippen LogP contribution in [0.2, 0.25) is 0 Å². The molecule has 0 amide bonds. The lowest BCUT2D eigenvalue weighted by Crippen LogP contribution is -2.24. The number of anilines is 1. The number of nitriles is 1. The normalized spacial score (nSPS) is 23.3. The number of aliphatic hydroxyl groups excluding tert-OH is 1. The molecular weight excluding hydrogens is 214 g/mol. The van der Waals surface area contributed by atoms with Gasteiger partial charge in [-0.15, -0.1) is 0 Å². The fraction of sp³-hybridized carbons (Fsp3) is 0.538. The highest BCUT2D eigenvalue weighted by Crippen LogP contribution is 2.30. The van der Waals surface area contributed by atoms with Crippen LogP contribution in [0.4, 0.5) is 5.69 Å². The number of hydrogen-bond acceptors (Lipinski definition) is 4. The van der Waals surface area contributed by atoms with Gasteiger partial charge in [-0.25, -0.2) is 4.98 Å². The Kier molecular flexibility index (Phi) is 3.94. The van der Waals surface area contributed by atoms with E-state index in [4.69, 9.17) is 10.4 Å². The Labute approximate surface area is 101 Å². The molecule has 2 rings (SSSR count). The summed E-state index contributed by atoms with van der Waals surface area (Å²) in [6.45, 7) is 0.258. The molecule has 2 N–H and O–H groups in total. The van der Waals surface area contributed by atoms with E-state index in [-0.39, 0.29) is 6.61 Å². The van der Waals surface area contributed by atoms with Crippen molar-refractivity contribution in [2.75, 3.05) is 11.9 Å². The maximum Gasteiger partial charge on any atom is 0.140 e. The summed E-state index contributed by atoms with van der Waals surface area (Å²) in [5.74, 6) is 0.552. The minimum atomic E-state index is 0.258. The second kappa shape index (κ2) is 5.65. The van der Waals surface area contributed by atoms with Crippen LogP contribution in [0, 0.1) is 17.2 Å². The maximum absolute atomic E-state index is 9.00. The molecule has 4 heteroatoms. The number of hydrogen-bond donors (Lipinski definition) is 2. The predicted octanol–water partition coefficient (Wildman–Crippen LogP) is 1.92. The number of nitrogens with one attached hydrogen (secondary N) is 1. The molecule has 1 heterocycles. The van der Waals surface area contributed by atoms with Crippen LogP contribution in [0.25, 0.3) is 0 Å². The molecule has 0 bridgehead atoms. The summed E-state index contributed by atoms with van der Waals surface area (Å²) in [6, 6.07) is 6.04. The zero-order chi connectivity index (χ0) is 12.1. The van der Waals surface area contributed by atoms with Gasteiger partial charge in [0, 0.05) is 12.6 Å². The van der Waals surface area contributed by atoms with Crippen LogP contribution in [0.5, 0.6) is 0 Å². The van der Waals surface area contributed by atoms with E-state index >= 15 is 0 Å². The average Bonchev–Trinajstić information content (AvgIpc) is 2.78. The third kappa shape index (κ3) is 2.95. The fourth-order valence-corrected chi connectivity index (χ4v) is 2.50. The molecule has 1 aliphatic carbocycles. The first-order chi connectivity index (χ1) is 8.33. The maximum atomic E-state index is 9.00. The first-order valence-electron chi connectivity index (χ1n) is 6.07. The van der Waals surface area contributed by atoms with E-state index in [2.05, 4.69) is 10.3 Å². The minimum Gasteiger partial charge on any atom is -0.396 e. The highest BCUT2D eigenvalue weighted by Gasteiger charge is 2.26. The summed E-state index contributed by atoms with van der Waals surface area (Å²) in [5.41, 5.74) is 1.40. The largest absolute Gasteiger partial charge is 0.396 e. The molecule has 2 unspecified atom stereocenters. The Balaban J connectivity index is 1.97. The molecule has 90 valence electrons. The first-order valence-corrected chi connectivity index (χ1v) is 6.07. The van der Waals surface area contributed by atoms with Gasteiger partial charge in [-0.05, 0) is 37.3 Å². The topological polar surface area (TPSA) is 68.9 Å². The Morgan fingerprint density at radius 2 is 2.35 bits per heavy atom. The number of nitrogens with zero attached hydrogens (tertiary/aromatic N) is 2. The number of aromatic nitrogens is 1. The molecule has 0 spiro atoms. The van der Waals surface area contributed by atoms with Gasteiger partial charge in [0.2, 0.25) is 0 Å². The predicted molar refractivity (Wildman–Crippen MR) is 65.4 cm³/mol. The van der Waals surface area contributed by atoms with E-state index in [0.717, 1.165) is 18.5 Å². The van der Waals surface area contributed by atoms with Gasteiger partial charge in [0.25, 0.3) is 0 Å². The number of rotatable bonds is 4. The van der Waals surface area contributed by atoms with Crippen LogP contribution in [0.3, 0.4) is 0 Å². The van der Waals surface area contributed by atoms with Gasteiger partial charge in [0.1, 0.15) is 11.8 Å². The summed E-state index contributed by atoms with van der Waals surface area (Å²) < 4.78 is 0. The Bertz CT molecular complexity index is 396. The molecule has 1 aliphatic rings. The van der Waals surface area contributed by atoms with Gasteiger partial charge in [0.05, 0.1) is 11.9 Å². The SMILES string of the molecule is N#Cc1ccc(NC2CCCC2CCO)cn1. The van der Waals surface area contributed by atoms with E-state index in [9.17, 15) is 0 Å². The van der Waals surface area contributed by atoms with Gasteiger partial charge < -0.3 is 10.4 Å². The highest BCUT2D eigenvalue weighted by molar-refractivity contribution is 5.43. The molecule has 0 saturated heterocycles.